The van der Waals surface area contributed by atoms with Crippen molar-refractivity contribution in [1.82, 2.24) is 0 Å². The minimum absolute atomic E-state index is 0.00940. The Bertz CT molecular complexity index is 1410. The molecule has 286 valence electrons. The summed E-state index contributed by atoms with van der Waals surface area (Å²) >= 11 is 0. The highest BCUT2D eigenvalue weighted by Gasteiger charge is 2.86. The molecule has 0 amide bonds. The summed E-state index contributed by atoms with van der Waals surface area (Å²) in [7, 11) is 2.78. The molecule has 13 heteroatoms. The van der Waals surface area contributed by atoms with Crippen LogP contribution in [0.25, 0.3) is 0 Å². The molecule has 2 heterocycles. The van der Waals surface area contributed by atoms with E-state index >= 15 is 0 Å². The molecule has 2 aliphatic heterocycles. The van der Waals surface area contributed by atoms with E-state index in [2.05, 4.69) is 11.7 Å². The molecule has 1 spiro atoms. The SMILES string of the molecule is COC(=O)CCCCCCC[C@@H]1O[C@@]2(OC1=O)[C@H](O)[C@H](OC[C@@]13C[C@@H]4[C@H](C)CC[C@H]4[C@@]4(C(=O)O)C[C@@H]1C=C(C(C)C)[C@@]34C(=O)O)O[C@H](C)[C@H]2OC. The number of rotatable bonds is 15. The van der Waals surface area contributed by atoms with Crippen LogP contribution in [0.1, 0.15) is 98.3 Å². The van der Waals surface area contributed by atoms with Gasteiger partial charge in [0.2, 0.25) is 0 Å². The second kappa shape index (κ2) is 14.0. The number of aliphatic carboxylic acids is 2. The van der Waals surface area contributed by atoms with E-state index in [0.29, 0.717) is 37.7 Å². The number of carbonyl (C=O) groups excluding carboxylic acids is 2. The van der Waals surface area contributed by atoms with E-state index < -0.39 is 70.6 Å². The average molecular weight is 721 g/mol. The van der Waals surface area contributed by atoms with Gasteiger partial charge in [-0.1, -0.05) is 64.5 Å². The average Bonchev–Trinajstić information content (AvgIpc) is 3.76. The number of hydrogen-bond donors (Lipinski definition) is 3. The molecule has 51 heavy (non-hydrogen) atoms. The van der Waals surface area contributed by atoms with Crippen molar-refractivity contribution in [2.75, 3.05) is 20.8 Å². The molecule has 6 aliphatic rings. The minimum atomic E-state index is -1.93. The lowest BCUT2D eigenvalue weighted by Gasteiger charge is -2.58. The number of fused-ring (bicyclic) bond motifs is 2. The molecule has 6 rings (SSSR count). The van der Waals surface area contributed by atoms with Crippen molar-refractivity contribution in [3.05, 3.63) is 11.6 Å². The van der Waals surface area contributed by atoms with Crippen molar-refractivity contribution in [1.29, 1.82) is 0 Å². The first-order chi connectivity index (χ1) is 24.2. The summed E-state index contributed by atoms with van der Waals surface area (Å²) in [5.41, 5.74) is -3.64. The van der Waals surface area contributed by atoms with Crippen LogP contribution in [-0.4, -0.2) is 96.5 Å². The Hall–Kier alpha value is -2.58. The third kappa shape index (κ3) is 5.41. The molecular weight excluding hydrogens is 664 g/mol. The van der Waals surface area contributed by atoms with Crippen molar-refractivity contribution >= 4 is 23.9 Å². The number of carbonyl (C=O) groups is 4. The maximum Gasteiger partial charge on any atom is 0.338 e. The van der Waals surface area contributed by atoms with Crippen LogP contribution in [0.5, 0.6) is 0 Å². The van der Waals surface area contributed by atoms with Crippen LogP contribution in [-0.2, 0) is 47.6 Å². The van der Waals surface area contributed by atoms with Crippen molar-refractivity contribution in [3.63, 3.8) is 0 Å². The number of esters is 2. The van der Waals surface area contributed by atoms with Gasteiger partial charge in [0.1, 0.15) is 5.41 Å². The van der Waals surface area contributed by atoms with Crippen molar-refractivity contribution in [2.24, 2.45) is 45.8 Å². The number of carboxylic acid groups (broad SMARTS) is 2. The third-order valence-corrected chi connectivity index (χ3v) is 13.7. The van der Waals surface area contributed by atoms with Gasteiger partial charge in [-0.25, -0.2) is 4.79 Å². The molecule has 3 N–H and O–H groups in total. The van der Waals surface area contributed by atoms with Crippen LogP contribution in [0.4, 0.5) is 0 Å². The molecule has 0 radical (unpaired) electrons. The Morgan fingerprint density at radius 3 is 2.35 bits per heavy atom. The van der Waals surface area contributed by atoms with Gasteiger partial charge in [-0.3, -0.25) is 14.4 Å². The highest BCUT2D eigenvalue weighted by molar-refractivity contribution is 5.94. The normalized spacial score (nSPS) is 43.7. The molecule has 13 atom stereocenters. The molecule has 13 nitrogen and oxygen atoms in total. The van der Waals surface area contributed by atoms with E-state index in [1.54, 1.807) is 6.92 Å². The number of aliphatic hydroxyl groups is 1. The maximum atomic E-state index is 13.9. The summed E-state index contributed by atoms with van der Waals surface area (Å²) in [5.74, 6) is -5.59. The van der Waals surface area contributed by atoms with Crippen LogP contribution in [0.3, 0.4) is 0 Å². The monoisotopic (exact) mass is 720 g/mol. The molecule has 5 fully saturated rings. The standard InChI is InChI=1S/C38H56O13/c1-20(2)26-16-23-17-36(33(42)43)25-15-14-21(3)24(25)18-35(23,37(26,36)34(44)45)19-48-32-29(40)38(30(47-6)22(4)49-32)50-27(31(41)51-38)12-10-8-7-9-11-13-28(39)46-5/h16,20-25,27,29-30,32,40H,7-15,17-19H2,1-6H3,(H,42,43)(H,44,45)/t21-,22-,23+,24-,25-,27+,29-,30-,32-,35+,36-,37-,38-/m1/s1. The Kier molecular flexibility index (Phi) is 10.5. The third-order valence-electron chi connectivity index (χ3n) is 13.7. The van der Waals surface area contributed by atoms with Gasteiger partial charge < -0.3 is 43.7 Å². The maximum absolute atomic E-state index is 13.9. The summed E-state index contributed by atoms with van der Waals surface area (Å²) in [4.78, 5) is 52.0. The first kappa shape index (κ1) is 38.2. The van der Waals surface area contributed by atoms with Gasteiger partial charge >= 0.3 is 23.9 Å². The number of unbranched alkanes of at least 4 members (excludes halogenated alkanes) is 4. The fraction of sp³-hybridized carbons (Fsp3) is 0.842. The summed E-state index contributed by atoms with van der Waals surface area (Å²) in [5, 5.41) is 34.3. The molecule has 4 aliphatic carbocycles. The lowest BCUT2D eigenvalue weighted by molar-refractivity contribution is -0.386. The summed E-state index contributed by atoms with van der Waals surface area (Å²) < 4.78 is 35.2. The Balaban J connectivity index is 1.23. The molecule has 0 aromatic heterocycles. The van der Waals surface area contributed by atoms with E-state index in [9.17, 15) is 34.5 Å². The molecule has 0 aromatic rings. The van der Waals surface area contributed by atoms with Crippen molar-refractivity contribution in [2.45, 2.75) is 135 Å². The highest BCUT2D eigenvalue weighted by Crippen LogP contribution is 2.83. The fourth-order valence-corrected chi connectivity index (χ4v) is 11.7. The van der Waals surface area contributed by atoms with E-state index in [1.165, 1.54) is 14.2 Å². The minimum Gasteiger partial charge on any atom is -0.481 e. The van der Waals surface area contributed by atoms with E-state index in [4.69, 9.17) is 23.7 Å². The first-order valence-electron chi connectivity index (χ1n) is 18.8. The van der Waals surface area contributed by atoms with Crippen LogP contribution >= 0.6 is 0 Å². The number of ether oxygens (including phenoxy) is 6. The summed E-state index contributed by atoms with van der Waals surface area (Å²) in [6.07, 6.45) is 3.11. The number of carboxylic acids is 2. The number of methoxy groups -OCH3 is 2. The van der Waals surface area contributed by atoms with Gasteiger partial charge in [-0.05, 0) is 68.6 Å². The lowest BCUT2D eigenvalue weighted by atomic mass is 9.42. The lowest BCUT2D eigenvalue weighted by Crippen LogP contribution is -2.68. The molecule has 3 saturated carbocycles. The topological polar surface area (TPSA) is 184 Å². The van der Waals surface area contributed by atoms with Crippen LogP contribution in [0.15, 0.2) is 11.6 Å². The predicted molar refractivity (Wildman–Crippen MR) is 179 cm³/mol. The van der Waals surface area contributed by atoms with Crippen LogP contribution in [0, 0.1) is 45.8 Å². The molecule has 4 bridgehead atoms. The Morgan fingerprint density at radius 2 is 1.71 bits per heavy atom. The summed E-state index contributed by atoms with van der Waals surface area (Å²) in [6.45, 7) is 7.50. The fourth-order valence-electron chi connectivity index (χ4n) is 11.7. The van der Waals surface area contributed by atoms with Gasteiger partial charge in [-0.2, -0.15) is 0 Å². The van der Waals surface area contributed by atoms with Gasteiger partial charge in [0.05, 0.1) is 25.2 Å². The predicted octanol–water partition coefficient (Wildman–Crippen LogP) is 4.48. The van der Waals surface area contributed by atoms with Crippen LogP contribution in [0.2, 0.25) is 0 Å². The smallest absolute Gasteiger partial charge is 0.338 e. The first-order valence-corrected chi connectivity index (χ1v) is 18.8. The molecule has 0 aromatic carbocycles. The quantitative estimate of drug-likeness (QED) is 0.122. The Labute approximate surface area is 299 Å². The highest BCUT2D eigenvalue weighted by atomic mass is 16.8. The number of allylic oxidation sites excluding steroid dienone is 1. The largest absolute Gasteiger partial charge is 0.481 e. The number of aliphatic hydroxyl groups excluding tert-OH is 1. The van der Waals surface area contributed by atoms with Crippen molar-refractivity contribution < 1.29 is 62.9 Å². The van der Waals surface area contributed by atoms with Gasteiger partial charge in [-0.15, -0.1) is 0 Å². The van der Waals surface area contributed by atoms with Crippen molar-refractivity contribution in [3.8, 4) is 0 Å². The Morgan fingerprint density at radius 1 is 1.00 bits per heavy atom. The van der Waals surface area contributed by atoms with Gasteiger partial charge in [0.15, 0.2) is 24.6 Å². The molecule has 0 unspecified atom stereocenters. The summed E-state index contributed by atoms with van der Waals surface area (Å²) in [6, 6.07) is 0. The van der Waals surface area contributed by atoms with E-state index in [1.807, 2.05) is 19.9 Å². The molecular formula is C38H56O13. The zero-order chi connectivity index (χ0) is 37.1. The van der Waals surface area contributed by atoms with Gasteiger partial charge in [0.25, 0.3) is 5.79 Å². The van der Waals surface area contributed by atoms with Gasteiger partial charge in [0, 0.05) is 18.9 Å². The zero-order valence-electron chi connectivity index (χ0n) is 30.8. The van der Waals surface area contributed by atoms with E-state index in [0.717, 1.165) is 32.1 Å². The van der Waals surface area contributed by atoms with E-state index in [-0.39, 0.29) is 48.6 Å². The second-order valence-corrected chi connectivity index (χ2v) is 16.4. The zero-order valence-corrected chi connectivity index (χ0v) is 30.8. The second-order valence-electron chi connectivity index (χ2n) is 16.4. The molecule has 2 saturated heterocycles. The van der Waals surface area contributed by atoms with Crippen LogP contribution < -0.4 is 0 Å². The number of hydrogen-bond acceptors (Lipinski definition) is 11.